The number of rotatable bonds is 4. The number of carboxylic acid groups (broad SMARTS) is 1. The molecule has 2 aromatic heterocycles. The van der Waals surface area contributed by atoms with E-state index in [0.717, 1.165) is 27.9 Å². The maximum Gasteiger partial charge on any atom is 0.356 e. The average Bonchev–Trinajstić information content (AvgIpc) is 3.24. The predicted octanol–water partition coefficient (Wildman–Crippen LogP) is 6.08. The molecule has 0 radical (unpaired) electrons. The Bertz CT molecular complexity index is 1410. The quantitative estimate of drug-likeness (QED) is 0.378. The number of hydrogen-bond donors (Lipinski definition) is 1. The van der Waals surface area contributed by atoms with E-state index in [1.54, 1.807) is 10.6 Å². The van der Waals surface area contributed by atoms with Crippen molar-refractivity contribution in [3.63, 3.8) is 0 Å². The minimum Gasteiger partial charge on any atom is -0.476 e. The molecule has 0 bridgehead atoms. The Morgan fingerprint density at radius 3 is 2.16 bits per heavy atom. The summed E-state index contributed by atoms with van der Waals surface area (Å²) in [4.78, 5) is 16.1. The van der Waals surface area contributed by atoms with Crippen LogP contribution in [0.25, 0.3) is 39.3 Å². The fraction of sp³-hybridized carbons (Fsp3) is 0. The molecule has 1 N–H and O–H groups in total. The van der Waals surface area contributed by atoms with E-state index in [1.807, 2.05) is 66.7 Å². The van der Waals surface area contributed by atoms with Gasteiger partial charge in [0.2, 0.25) is 0 Å². The first-order valence-corrected chi connectivity index (χ1v) is 10.0. The molecule has 0 spiro atoms. The molecule has 2 heterocycles. The molecule has 31 heavy (non-hydrogen) atoms. The Labute approximate surface area is 183 Å². The van der Waals surface area contributed by atoms with Gasteiger partial charge in [-0.25, -0.2) is 14.3 Å². The number of fused-ring (bicyclic) bond motifs is 1. The van der Waals surface area contributed by atoms with Crippen LogP contribution in [-0.4, -0.2) is 25.7 Å². The van der Waals surface area contributed by atoms with Crippen LogP contribution in [0, 0.1) is 0 Å². The summed E-state index contributed by atoms with van der Waals surface area (Å²) in [6.45, 7) is 0. The van der Waals surface area contributed by atoms with Gasteiger partial charge in [-0.1, -0.05) is 84.4 Å². The fourth-order valence-electron chi connectivity index (χ4n) is 3.56. The van der Waals surface area contributed by atoms with Crippen molar-refractivity contribution in [2.75, 3.05) is 0 Å². The van der Waals surface area contributed by atoms with Crippen LogP contribution in [0.3, 0.4) is 0 Å². The van der Waals surface area contributed by atoms with Gasteiger partial charge in [-0.3, -0.25) is 0 Å². The van der Waals surface area contributed by atoms with Crippen molar-refractivity contribution >= 4 is 23.2 Å². The third-order valence-electron chi connectivity index (χ3n) is 5.08. The minimum atomic E-state index is -1.10. The van der Waals surface area contributed by atoms with Crippen LogP contribution in [0.4, 0.5) is 0 Å². The van der Waals surface area contributed by atoms with Crippen molar-refractivity contribution in [2.24, 2.45) is 0 Å². The molecule has 0 aliphatic carbocycles. The van der Waals surface area contributed by atoms with Gasteiger partial charge in [0, 0.05) is 22.2 Å². The summed E-state index contributed by atoms with van der Waals surface area (Å²) < 4.78 is 1.56. The lowest BCUT2D eigenvalue weighted by Crippen LogP contribution is -2.01. The maximum atomic E-state index is 11.5. The molecular formula is C25H16ClN3O2. The first-order valence-electron chi connectivity index (χ1n) is 9.65. The molecular weight excluding hydrogens is 410 g/mol. The molecule has 0 saturated heterocycles. The van der Waals surface area contributed by atoms with Crippen molar-refractivity contribution in [1.82, 2.24) is 14.6 Å². The Kier molecular flexibility index (Phi) is 4.73. The lowest BCUT2D eigenvalue weighted by molar-refractivity contribution is 0.0690. The van der Waals surface area contributed by atoms with Gasteiger partial charge in [0.05, 0.1) is 11.4 Å². The molecule has 0 aliphatic heterocycles. The first-order chi connectivity index (χ1) is 15.1. The molecule has 5 nitrogen and oxygen atoms in total. The standard InChI is InChI=1S/C25H16ClN3O2/c26-20-9-5-4-8-19(20)21-14-23(29-24(27-21)15-22(28-29)25(30)31)18-12-10-17(11-13-18)16-6-2-1-3-7-16/h1-15H,(H,30,31). The summed E-state index contributed by atoms with van der Waals surface area (Å²) in [5.74, 6) is -1.10. The van der Waals surface area contributed by atoms with Crippen LogP contribution in [0.1, 0.15) is 10.5 Å². The average molecular weight is 426 g/mol. The monoisotopic (exact) mass is 425 g/mol. The Morgan fingerprint density at radius 1 is 0.806 bits per heavy atom. The van der Waals surface area contributed by atoms with Crippen LogP contribution >= 0.6 is 11.6 Å². The second kappa shape index (κ2) is 7.70. The number of nitrogens with zero attached hydrogens (tertiary/aromatic N) is 3. The van der Waals surface area contributed by atoms with E-state index in [1.165, 1.54) is 6.07 Å². The van der Waals surface area contributed by atoms with Crippen molar-refractivity contribution < 1.29 is 9.90 Å². The number of carboxylic acids is 1. The molecule has 0 amide bonds. The molecule has 0 aliphatic rings. The van der Waals surface area contributed by atoms with Crippen LogP contribution in [0.15, 0.2) is 91.0 Å². The van der Waals surface area contributed by atoms with Gasteiger partial charge >= 0.3 is 5.97 Å². The van der Waals surface area contributed by atoms with E-state index in [0.29, 0.717) is 16.4 Å². The second-order valence-electron chi connectivity index (χ2n) is 7.05. The molecule has 0 saturated carbocycles. The third-order valence-corrected chi connectivity index (χ3v) is 5.41. The molecule has 3 aromatic carbocycles. The summed E-state index contributed by atoms with van der Waals surface area (Å²) in [5, 5.41) is 14.2. The number of carbonyl (C=O) groups is 1. The van der Waals surface area contributed by atoms with E-state index < -0.39 is 5.97 Å². The maximum absolute atomic E-state index is 11.5. The fourth-order valence-corrected chi connectivity index (χ4v) is 3.79. The van der Waals surface area contributed by atoms with E-state index in [9.17, 15) is 9.90 Å². The Hall–Kier alpha value is -3.96. The minimum absolute atomic E-state index is 0.0639. The molecule has 150 valence electrons. The summed E-state index contributed by atoms with van der Waals surface area (Å²) in [6, 6.07) is 28.9. The zero-order valence-corrected chi connectivity index (χ0v) is 17.0. The van der Waals surface area contributed by atoms with Gasteiger partial charge in [-0.05, 0) is 23.3 Å². The van der Waals surface area contributed by atoms with E-state index in [-0.39, 0.29) is 5.69 Å². The lowest BCUT2D eigenvalue weighted by atomic mass is 10.0. The Balaban J connectivity index is 1.69. The second-order valence-corrected chi connectivity index (χ2v) is 7.46. The van der Waals surface area contributed by atoms with Crippen LogP contribution in [0.2, 0.25) is 5.02 Å². The van der Waals surface area contributed by atoms with Gasteiger partial charge in [0.15, 0.2) is 11.3 Å². The summed E-state index contributed by atoms with van der Waals surface area (Å²) >= 11 is 6.40. The Morgan fingerprint density at radius 2 is 1.45 bits per heavy atom. The lowest BCUT2D eigenvalue weighted by Gasteiger charge is -2.10. The predicted molar refractivity (Wildman–Crippen MR) is 121 cm³/mol. The van der Waals surface area contributed by atoms with Gasteiger partial charge in [-0.2, -0.15) is 5.10 Å². The van der Waals surface area contributed by atoms with Crippen LogP contribution in [-0.2, 0) is 0 Å². The van der Waals surface area contributed by atoms with Crippen molar-refractivity contribution in [1.29, 1.82) is 0 Å². The normalized spacial score (nSPS) is 11.0. The highest BCUT2D eigenvalue weighted by atomic mass is 35.5. The van der Waals surface area contributed by atoms with Crippen molar-refractivity contribution in [3.05, 3.63) is 102 Å². The molecule has 6 heteroatoms. The highest BCUT2D eigenvalue weighted by Crippen LogP contribution is 2.31. The van der Waals surface area contributed by atoms with Crippen LogP contribution < -0.4 is 0 Å². The van der Waals surface area contributed by atoms with Gasteiger partial charge in [0.25, 0.3) is 0 Å². The van der Waals surface area contributed by atoms with Crippen molar-refractivity contribution in [3.8, 4) is 33.6 Å². The topological polar surface area (TPSA) is 67.5 Å². The highest BCUT2D eigenvalue weighted by molar-refractivity contribution is 6.33. The van der Waals surface area contributed by atoms with Crippen LogP contribution in [0.5, 0.6) is 0 Å². The zero-order valence-electron chi connectivity index (χ0n) is 16.2. The number of aromatic carboxylic acids is 1. The molecule has 0 fully saturated rings. The largest absolute Gasteiger partial charge is 0.476 e. The smallest absolute Gasteiger partial charge is 0.356 e. The molecule has 0 unspecified atom stereocenters. The number of halogens is 1. The summed E-state index contributed by atoms with van der Waals surface area (Å²) in [5.41, 5.74) is 5.63. The first kappa shape index (κ1) is 19.0. The van der Waals surface area contributed by atoms with Crippen molar-refractivity contribution in [2.45, 2.75) is 0 Å². The van der Waals surface area contributed by atoms with Gasteiger partial charge < -0.3 is 5.11 Å². The third kappa shape index (κ3) is 3.56. The zero-order chi connectivity index (χ0) is 21.4. The molecule has 5 aromatic rings. The molecule has 0 atom stereocenters. The van der Waals surface area contributed by atoms with Gasteiger partial charge in [0.1, 0.15) is 0 Å². The molecule has 5 rings (SSSR count). The highest BCUT2D eigenvalue weighted by Gasteiger charge is 2.16. The van der Waals surface area contributed by atoms with Gasteiger partial charge in [-0.15, -0.1) is 0 Å². The summed E-state index contributed by atoms with van der Waals surface area (Å²) in [7, 11) is 0. The van der Waals surface area contributed by atoms with E-state index >= 15 is 0 Å². The SMILES string of the molecule is O=C(O)c1cc2nc(-c3ccccc3Cl)cc(-c3ccc(-c4ccccc4)cc3)n2n1. The van der Waals surface area contributed by atoms with E-state index in [2.05, 4.69) is 22.2 Å². The number of benzene rings is 3. The van der Waals surface area contributed by atoms with E-state index in [4.69, 9.17) is 11.6 Å². The number of hydrogen-bond acceptors (Lipinski definition) is 3. The summed E-state index contributed by atoms with van der Waals surface area (Å²) in [6.07, 6.45) is 0. The number of aromatic nitrogens is 3.